The van der Waals surface area contributed by atoms with Gasteiger partial charge in [0.1, 0.15) is 17.7 Å². The highest BCUT2D eigenvalue weighted by molar-refractivity contribution is 6.42. The molecule has 1 atom stereocenters. The van der Waals surface area contributed by atoms with E-state index in [1.54, 1.807) is 32.2 Å². The molecule has 0 bridgehead atoms. The van der Waals surface area contributed by atoms with E-state index in [9.17, 15) is 4.79 Å². The summed E-state index contributed by atoms with van der Waals surface area (Å²) in [5, 5.41) is 0.389. The Labute approximate surface area is 122 Å². The summed E-state index contributed by atoms with van der Waals surface area (Å²) in [6, 6.07) is 5.02. The Bertz CT molecular complexity index is 424. The van der Waals surface area contributed by atoms with Gasteiger partial charge in [0.15, 0.2) is 0 Å². The highest BCUT2D eigenvalue weighted by atomic mass is 35.5. The zero-order chi connectivity index (χ0) is 13.7. The quantitative estimate of drug-likeness (QED) is 0.780. The van der Waals surface area contributed by atoms with Gasteiger partial charge in [-0.2, -0.15) is 0 Å². The number of nitrogens with zero attached hydrogens (tertiary/aromatic N) is 1. The van der Waals surface area contributed by atoms with Crippen molar-refractivity contribution in [2.24, 2.45) is 0 Å². The Morgan fingerprint density at radius 2 is 2.06 bits per heavy atom. The summed E-state index contributed by atoms with van der Waals surface area (Å²) in [4.78, 5) is 13.0. The predicted molar refractivity (Wildman–Crippen MR) is 74.9 cm³/mol. The van der Waals surface area contributed by atoms with Crippen molar-refractivity contribution >= 4 is 40.7 Å². The van der Waals surface area contributed by atoms with Crippen LogP contribution in [0.3, 0.4) is 0 Å². The first-order valence-corrected chi connectivity index (χ1v) is 6.58. The van der Waals surface area contributed by atoms with Crippen molar-refractivity contribution in [2.45, 2.75) is 12.3 Å². The molecule has 0 fully saturated rings. The first-order valence-electron chi connectivity index (χ1n) is 5.38. The molecule has 0 N–H and O–H groups in total. The van der Waals surface area contributed by atoms with E-state index in [0.717, 1.165) is 0 Å². The molecular formula is C12H14Cl3NO2. The van der Waals surface area contributed by atoms with E-state index < -0.39 is 5.38 Å². The zero-order valence-corrected chi connectivity index (χ0v) is 12.4. The van der Waals surface area contributed by atoms with Gasteiger partial charge in [0.05, 0.1) is 16.6 Å². The molecule has 0 aliphatic carbocycles. The number of rotatable bonds is 5. The number of amides is 1. The average Bonchev–Trinajstić information content (AvgIpc) is 2.32. The summed E-state index contributed by atoms with van der Waals surface area (Å²) >= 11 is 17.3. The van der Waals surface area contributed by atoms with Crippen molar-refractivity contribution in [3.8, 4) is 5.75 Å². The van der Waals surface area contributed by atoms with Crippen molar-refractivity contribution in [3.05, 3.63) is 28.2 Å². The maximum Gasteiger partial charge on any atom is 0.240 e. The predicted octanol–water partition coefficient (Wildman–Crippen LogP) is 3.46. The molecule has 100 valence electrons. The van der Waals surface area contributed by atoms with Crippen LogP contribution in [0, 0.1) is 0 Å². The number of alkyl halides is 1. The van der Waals surface area contributed by atoms with E-state index in [4.69, 9.17) is 39.5 Å². The van der Waals surface area contributed by atoms with E-state index in [0.29, 0.717) is 28.9 Å². The Morgan fingerprint density at radius 3 is 2.61 bits per heavy atom. The maximum absolute atomic E-state index is 11.5. The lowest BCUT2D eigenvalue weighted by molar-refractivity contribution is -0.129. The molecule has 0 aliphatic rings. The number of ether oxygens (including phenoxy) is 1. The third-order valence-corrected chi connectivity index (χ3v) is 3.23. The molecule has 18 heavy (non-hydrogen) atoms. The smallest absolute Gasteiger partial charge is 0.240 e. The van der Waals surface area contributed by atoms with Crippen LogP contribution in [0.15, 0.2) is 18.2 Å². The molecule has 0 saturated heterocycles. The maximum atomic E-state index is 11.5. The fraction of sp³-hybridized carbons (Fsp3) is 0.417. The SMILES string of the molecule is CC(Cl)C(=O)N(C)CCOc1ccc(Cl)c(Cl)c1. The molecule has 1 rings (SSSR count). The standard InChI is InChI=1S/C12H14Cl3NO2/c1-8(13)12(17)16(2)5-6-18-9-3-4-10(14)11(15)7-9/h3-4,7-8H,5-6H2,1-2H3. The van der Waals surface area contributed by atoms with Gasteiger partial charge in [-0.15, -0.1) is 11.6 Å². The molecule has 0 aliphatic heterocycles. The topological polar surface area (TPSA) is 29.5 Å². The number of hydrogen-bond donors (Lipinski definition) is 0. The monoisotopic (exact) mass is 309 g/mol. The molecule has 0 heterocycles. The van der Waals surface area contributed by atoms with Crippen molar-refractivity contribution in [1.82, 2.24) is 4.90 Å². The summed E-state index contributed by atoms with van der Waals surface area (Å²) in [6.45, 7) is 2.46. The molecule has 1 aromatic carbocycles. The molecule has 0 saturated carbocycles. The number of carbonyl (C=O) groups excluding carboxylic acids is 1. The second-order valence-electron chi connectivity index (χ2n) is 3.80. The van der Waals surface area contributed by atoms with E-state index in [2.05, 4.69) is 0 Å². The lowest BCUT2D eigenvalue weighted by Crippen LogP contribution is -2.35. The molecule has 0 spiro atoms. The second-order valence-corrected chi connectivity index (χ2v) is 5.27. The molecule has 1 unspecified atom stereocenters. The van der Waals surface area contributed by atoms with Gasteiger partial charge in [-0.25, -0.2) is 0 Å². The Morgan fingerprint density at radius 1 is 1.39 bits per heavy atom. The first-order chi connectivity index (χ1) is 8.41. The molecule has 6 heteroatoms. The van der Waals surface area contributed by atoms with Crippen LogP contribution in [0.1, 0.15) is 6.92 Å². The summed E-state index contributed by atoms with van der Waals surface area (Å²) in [5.41, 5.74) is 0. The van der Waals surface area contributed by atoms with Crippen molar-refractivity contribution in [2.75, 3.05) is 20.2 Å². The van der Waals surface area contributed by atoms with Crippen molar-refractivity contribution in [1.29, 1.82) is 0 Å². The lowest BCUT2D eigenvalue weighted by Gasteiger charge is -2.18. The van der Waals surface area contributed by atoms with Gasteiger partial charge in [-0.05, 0) is 19.1 Å². The summed E-state index contributed by atoms with van der Waals surface area (Å²) in [6.07, 6.45) is 0. The van der Waals surface area contributed by atoms with Gasteiger partial charge in [0.2, 0.25) is 5.91 Å². The molecule has 1 amide bonds. The van der Waals surface area contributed by atoms with Crippen molar-refractivity contribution < 1.29 is 9.53 Å². The molecule has 1 aromatic rings. The molecular weight excluding hydrogens is 296 g/mol. The van der Waals surface area contributed by atoms with Crippen LogP contribution >= 0.6 is 34.8 Å². The summed E-state index contributed by atoms with van der Waals surface area (Å²) in [5.74, 6) is 0.485. The van der Waals surface area contributed by atoms with Crippen molar-refractivity contribution in [3.63, 3.8) is 0 Å². The van der Waals surface area contributed by atoms with Gasteiger partial charge in [-0.1, -0.05) is 23.2 Å². The van der Waals surface area contributed by atoms with Crippen LogP contribution in [0.5, 0.6) is 5.75 Å². The van der Waals surface area contributed by atoms with Crippen LogP contribution in [0.4, 0.5) is 0 Å². The Hall–Kier alpha value is -0.640. The van der Waals surface area contributed by atoms with E-state index in [-0.39, 0.29) is 5.91 Å². The number of likely N-dealkylation sites (N-methyl/N-ethyl adjacent to an activating group) is 1. The van der Waals surface area contributed by atoms with Crippen LogP contribution in [-0.4, -0.2) is 36.4 Å². The third-order valence-electron chi connectivity index (χ3n) is 2.30. The summed E-state index contributed by atoms with van der Waals surface area (Å²) < 4.78 is 5.46. The van der Waals surface area contributed by atoms with Gasteiger partial charge < -0.3 is 9.64 Å². The Kier molecular flexibility index (Phi) is 6.06. The fourth-order valence-corrected chi connectivity index (χ4v) is 1.74. The lowest BCUT2D eigenvalue weighted by atomic mass is 10.3. The normalized spacial score (nSPS) is 12.1. The van der Waals surface area contributed by atoms with E-state index in [1.807, 2.05) is 0 Å². The third kappa shape index (κ3) is 4.56. The molecule has 0 aromatic heterocycles. The Balaban J connectivity index is 2.42. The highest BCUT2D eigenvalue weighted by Crippen LogP contribution is 2.26. The van der Waals surface area contributed by atoms with Gasteiger partial charge in [0.25, 0.3) is 0 Å². The molecule has 0 radical (unpaired) electrons. The van der Waals surface area contributed by atoms with Crippen LogP contribution in [0.2, 0.25) is 10.0 Å². The number of carbonyl (C=O) groups is 1. The van der Waals surface area contributed by atoms with Gasteiger partial charge >= 0.3 is 0 Å². The molecule has 3 nitrogen and oxygen atoms in total. The van der Waals surface area contributed by atoms with Crippen LogP contribution in [0.25, 0.3) is 0 Å². The zero-order valence-electron chi connectivity index (χ0n) is 10.1. The average molecular weight is 311 g/mol. The van der Waals surface area contributed by atoms with Gasteiger partial charge in [-0.3, -0.25) is 4.79 Å². The fourth-order valence-electron chi connectivity index (χ4n) is 1.28. The first kappa shape index (κ1) is 15.4. The number of hydrogen-bond acceptors (Lipinski definition) is 2. The minimum atomic E-state index is -0.528. The highest BCUT2D eigenvalue weighted by Gasteiger charge is 2.14. The van der Waals surface area contributed by atoms with Crippen LogP contribution in [-0.2, 0) is 4.79 Å². The van der Waals surface area contributed by atoms with E-state index >= 15 is 0 Å². The number of benzene rings is 1. The minimum Gasteiger partial charge on any atom is -0.492 e. The largest absolute Gasteiger partial charge is 0.492 e. The summed E-state index contributed by atoms with van der Waals surface area (Å²) in [7, 11) is 1.68. The van der Waals surface area contributed by atoms with Crippen LogP contribution < -0.4 is 4.74 Å². The van der Waals surface area contributed by atoms with E-state index in [1.165, 1.54) is 4.90 Å². The number of halogens is 3. The second kappa shape index (κ2) is 7.07. The minimum absolute atomic E-state index is 0.130. The van der Waals surface area contributed by atoms with Gasteiger partial charge in [0, 0.05) is 13.1 Å².